The van der Waals surface area contributed by atoms with Crippen molar-refractivity contribution in [1.82, 2.24) is 10.2 Å². The zero-order valence-corrected chi connectivity index (χ0v) is 16.3. The molecule has 136 valence electrons. The summed E-state index contributed by atoms with van der Waals surface area (Å²) in [4.78, 5) is 0. The first-order valence-electron chi connectivity index (χ1n) is 8.92. The van der Waals surface area contributed by atoms with Crippen LogP contribution in [-0.2, 0) is 0 Å². The fourth-order valence-electron chi connectivity index (χ4n) is 3.86. The lowest BCUT2D eigenvalue weighted by atomic mass is 9.77. The highest BCUT2D eigenvalue weighted by atomic mass is 35.5. The van der Waals surface area contributed by atoms with Gasteiger partial charge in [0, 0.05) is 37.8 Å². The molecule has 0 atom stereocenters. The molecule has 0 spiro atoms. The second-order valence-electron chi connectivity index (χ2n) is 7.48. The standard InChI is InChI=1S/C21H18ClN3OS/c1-21(26)9-13(10-21)23-20-15-5-3-2-4-14(15)19(24-25-20)12-6-7-16-17(22)11-27-18(16)8-12/h2-8,11,13,26H,9-10H2,1H3,(H,23,25). The van der Waals surface area contributed by atoms with Crippen LogP contribution in [0.15, 0.2) is 47.8 Å². The zero-order chi connectivity index (χ0) is 18.6. The monoisotopic (exact) mass is 395 g/mol. The van der Waals surface area contributed by atoms with Gasteiger partial charge in [-0.2, -0.15) is 0 Å². The molecule has 27 heavy (non-hydrogen) atoms. The Bertz CT molecular complexity index is 1160. The van der Waals surface area contributed by atoms with E-state index in [9.17, 15) is 5.11 Å². The summed E-state index contributed by atoms with van der Waals surface area (Å²) in [5.41, 5.74) is 1.32. The maximum Gasteiger partial charge on any atom is 0.156 e. The molecule has 5 rings (SSSR count). The van der Waals surface area contributed by atoms with Gasteiger partial charge in [-0.15, -0.1) is 21.5 Å². The number of nitrogens with one attached hydrogen (secondary N) is 1. The molecule has 1 aliphatic rings. The Kier molecular flexibility index (Phi) is 3.86. The van der Waals surface area contributed by atoms with Crippen molar-refractivity contribution in [2.24, 2.45) is 0 Å². The van der Waals surface area contributed by atoms with Gasteiger partial charge < -0.3 is 10.4 Å². The van der Waals surface area contributed by atoms with E-state index in [1.165, 1.54) is 0 Å². The minimum absolute atomic E-state index is 0.230. The molecule has 1 fully saturated rings. The fraction of sp³-hybridized carbons (Fsp3) is 0.238. The number of anilines is 1. The zero-order valence-electron chi connectivity index (χ0n) is 14.7. The van der Waals surface area contributed by atoms with Gasteiger partial charge in [-0.25, -0.2) is 0 Å². The Morgan fingerprint density at radius 2 is 1.89 bits per heavy atom. The van der Waals surface area contributed by atoms with Crippen molar-refractivity contribution in [1.29, 1.82) is 0 Å². The lowest BCUT2D eigenvalue weighted by Crippen LogP contribution is -2.48. The fourth-order valence-corrected chi connectivity index (χ4v) is 5.08. The minimum atomic E-state index is -0.571. The van der Waals surface area contributed by atoms with Gasteiger partial charge in [0.15, 0.2) is 5.82 Å². The van der Waals surface area contributed by atoms with Crippen LogP contribution in [0, 0.1) is 0 Å². The van der Waals surface area contributed by atoms with Crippen LogP contribution in [0.4, 0.5) is 5.82 Å². The molecule has 0 radical (unpaired) electrons. The van der Waals surface area contributed by atoms with Gasteiger partial charge in [0.1, 0.15) is 5.69 Å². The molecule has 6 heteroatoms. The first-order valence-corrected chi connectivity index (χ1v) is 10.2. The van der Waals surface area contributed by atoms with Crippen LogP contribution < -0.4 is 5.32 Å². The Morgan fingerprint density at radius 1 is 1.11 bits per heavy atom. The molecule has 0 aliphatic heterocycles. The Balaban J connectivity index is 1.58. The summed E-state index contributed by atoms with van der Waals surface area (Å²) < 4.78 is 1.14. The van der Waals surface area contributed by atoms with Crippen LogP contribution in [0.2, 0.25) is 5.02 Å². The number of fused-ring (bicyclic) bond motifs is 2. The van der Waals surface area contributed by atoms with Gasteiger partial charge in [0.2, 0.25) is 0 Å². The Morgan fingerprint density at radius 3 is 2.67 bits per heavy atom. The number of benzene rings is 2. The number of halogens is 1. The lowest BCUT2D eigenvalue weighted by Gasteiger charge is -2.41. The van der Waals surface area contributed by atoms with Gasteiger partial charge >= 0.3 is 0 Å². The average molecular weight is 396 g/mol. The summed E-state index contributed by atoms with van der Waals surface area (Å²) in [5, 5.41) is 28.3. The molecule has 0 unspecified atom stereocenters. The van der Waals surface area contributed by atoms with Crippen LogP contribution >= 0.6 is 22.9 Å². The highest BCUT2D eigenvalue weighted by Crippen LogP contribution is 2.37. The summed E-state index contributed by atoms with van der Waals surface area (Å²) in [7, 11) is 0. The van der Waals surface area contributed by atoms with E-state index in [1.54, 1.807) is 11.3 Å². The van der Waals surface area contributed by atoms with Gasteiger partial charge in [-0.05, 0) is 25.8 Å². The number of thiophene rings is 1. The molecule has 4 nitrogen and oxygen atoms in total. The first-order chi connectivity index (χ1) is 13.0. The number of hydrogen-bond donors (Lipinski definition) is 2. The Labute approximate surface area is 165 Å². The van der Waals surface area contributed by atoms with Crippen molar-refractivity contribution in [3.05, 3.63) is 52.9 Å². The molecular formula is C21H18ClN3OS. The first kappa shape index (κ1) is 16.9. The molecule has 1 aliphatic carbocycles. The van der Waals surface area contributed by atoms with Gasteiger partial charge in [0.05, 0.1) is 10.6 Å². The number of rotatable bonds is 3. The summed E-state index contributed by atoms with van der Waals surface area (Å²) in [6.45, 7) is 1.87. The quantitative estimate of drug-likeness (QED) is 0.481. The topological polar surface area (TPSA) is 58.0 Å². The predicted molar refractivity (Wildman–Crippen MR) is 113 cm³/mol. The Hall–Kier alpha value is -2.21. The normalized spacial score (nSPS) is 22.1. The van der Waals surface area contributed by atoms with Crippen molar-refractivity contribution in [2.45, 2.75) is 31.4 Å². The van der Waals surface area contributed by atoms with E-state index in [1.807, 2.05) is 36.6 Å². The van der Waals surface area contributed by atoms with Crippen LogP contribution in [0.25, 0.3) is 32.1 Å². The molecule has 2 aromatic heterocycles. The van der Waals surface area contributed by atoms with E-state index in [0.717, 1.165) is 55.8 Å². The van der Waals surface area contributed by atoms with Crippen molar-refractivity contribution in [3.63, 3.8) is 0 Å². The lowest BCUT2D eigenvalue weighted by molar-refractivity contribution is -0.0235. The highest BCUT2D eigenvalue weighted by molar-refractivity contribution is 7.17. The largest absolute Gasteiger partial charge is 0.390 e. The summed E-state index contributed by atoms with van der Waals surface area (Å²) in [5.74, 6) is 0.773. The van der Waals surface area contributed by atoms with E-state index in [4.69, 9.17) is 11.6 Å². The molecule has 0 saturated heterocycles. The molecule has 2 heterocycles. The van der Waals surface area contributed by atoms with Crippen LogP contribution in [0.3, 0.4) is 0 Å². The highest BCUT2D eigenvalue weighted by Gasteiger charge is 2.38. The number of aliphatic hydroxyl groups is 1. The summed E-state index contributed by atoms with van der Waals surface area (Å²) >= 11 is 7.86. The van der Waals surface area contributed by atoms with Gasteiger partial charge in [-0.3, -0.25) is 0 Å². The van der Waals surface area contributed by atoms with E-state index in [-0.39, 0.29) is 6.04 Å². The summed E-state index contributed by atoms with van der Waals surface area (Å²) in [6, 6.07) is 14.6. The van der Waals surface area contributed by atoms with E-state index < -0.39 is 5.60 Å². The second kappa shape index (κ2) is 6.16. The van der Waals surface area contributed by atoms with Crippen LogP contribution in [-0.4, -0.2) is 26.9 Å². The van der Waals surface area contributed by atoms with E-state index >= 15 is 0 Å². The third kappa shape index (κ3) is 2.96. The summed E-state index contributed by atoms with van der Waals surface area (Å²) in [6.07, 6.45) is 1.45. The van der Waals surface area contributed by atoms with Crippen molar-refractivity contribution in [2.75, 3.05) is 5.32 Å². The molecule has 0 amide bonds. The van der Waals surface area contributed by atoms with Crippen LogP contribution in [0.1, 0.15) is 19.8 Å². The molecule has 4 aromatic rings. The number of nitrogens with zero attached hydrogens (tertiary/aromatic N) is 2. The molecule has 2 aromatic carbocycles. The smallest absolute Gasteiger partial charge is 0.156 e. The number of hydrogen-bond acceptors (Lipinski definition) is 5. The molecular weight excluding hydrogens is 378 g/mol. The van der Waals surface area contributed by atoms with Gasteiger partial charge in [-0.1, -0.05) is 48.0 Å². The third-order valence-electron chi connectivity index (χ3n) is 5.20. The molecule has 1 saturated carbocycles. The maximum atomic E-state index is 9.97. The van der Waals surface area contributed by atoms with Crippen molar-refractivity contribution in [3.8, 4) is 11.3 Å². The van der Waals surface area contributed by atoms with Crippen LogP contribution in [0.5, 0.6) is 0 Å². The SMILES string of the molecule is CC1(O)CC(Nc2nnc(-c3ccc4c(Cl)csc4c3)c3ccccc23)C1. The molecule has 2 N–H and O–H groups in total. The molecule has 0 bridgehead atoms. The van der Waals surface area contributed by atoms with Crippen molar-refractivity contribution < 1.29 is 5.11 Å². The minimum Gasteiger partial charge on any atom is -0.390 e. The number of aromatic nitrogens is 2. The second-order valence-corrected chi connectivity index (χ2v) is 8.80. The van der Waals surface area contributed by atoms with E-state index in [2.05, 4.69) is 33.7 Å². The van der Waals surface area contributed by atoms with Crippen molar-refractivity contribution >= 4 is 49.6 Å². The maximum absolute atomic E-state index is 9.97. The van der Waals surface area contributed by atoms with Gasteiger partial charge in [0.25, 0.3) is 0 Å². The van der Waals surface area contributed by atoms with E-state index in [0.29, 0.717) is 0 Å². The predicted octanol–water partition coefficient (Wildman–Crippen LogP) is 5.49. The third-order valence-corrected chi connectivity index (χ3v) is 6.59. The average Bonchev–Trinajstić information content (AvgIpc) is 3.01.